The van der Waals surface area contributed by atoms with Crippen LogP contribution in [0.25, 0.3) is 0 Å². The van der Waals surface area contributed by atoms with Crippen LogP contribution in [0.4, 0.5) is 5.13 Å². The summed E-state index contributed by atoms with van der Waals surface area (Å²) in [6, 6.07) is 0.502. The van der Waals surface area contributed by atoms with Crippen molar-refractivity contribution in [2.45, 2.75) is 52.5 Å². The Hall–Kier alpha value is -1.10. The molecule has 1 unspecified atom stereocenters. The Bertz CT molecular complexity index is 456. The molecule has 2 rings (SSSR count). The molecule has 0 saturated carbocycles. The van der Waals surface area contributed by atoms with Crippen molar-refractivity contribution < 1.29 is 9.90 Å². The molecule has 19 heavy (non-hydrogen) atoms. The van der Waals surface area contributed by atoms with Crippen LogP contribution in [0.5, 0.6) is 0 Å². The van der Waals surface area contributed by atoms with Crippen molar-refractivity contribution in [1.29, 1.82) is 0 Å². The molecule has 0 aromatic carbocycles. The Morgan fingerprint density at radius 2 is 2.32 bits per heavy atom. The summed E-state index contributed by atoms with van der Waals surface area (Å²) in [4.78, 5) is 18.6. The summed E-state index contributed by atoms with van der Waals surface area (Å²) in [5.74, 6) is -0.262. The van der Waals surface area contributed by atoms with Gasteiger partial charge in [0, 0.05) is 12.6 Å². The summed E-state index contributed by atoms with van der Waals surface area (Å²) in [6.07, 6.45) is 4.03. The van der Waals surface area contributed by atoms with Crippen LogP contribution in [-0.2, 0) is 6.42 Å². The van der Waals surface area contributed by atoms with Crippen LogP contribution in [0.3, 0.4) is 0 Å². The number of aromatic nitrogens is 1. The molecule has 0 bridgehead atoms. The summed E-state index contributed by atoms with van der Waals surface area (Å²) in [6.45, 7) is 7.50. The lowest BCUT2D eigenvalue weighted by atomic mass is 10.0. The topological polar surface area (TPSA) is 53.4 Å². The molecule has 2 heterocycles. The largest absolute Gasteiger partial charge is 0.477 e. The van der Waals surface area contributed by atoms with Gasteiger partial charge in [-0.2, -0.15) is 0 Å². The summed E-state index contributed by atoms with van der Waals surface area (Å²) in [5, 5.41) is 10.2. The molecule has 0 aliphatic carbocycles. The molecule has 1 aliphatic heterocycles. The standard InChI is InChI=1S/C14H22N2O2S/c1-4-6-10-12(13(17)18)19-14(15-10)16-8-5-7-11(16)9(2)3/h9,11H,4-8H2,1-3H3,(H,17,18). The van der Waals surface area contributed by atoms with Gasteiger partial charge in [-0.15, -0.1) is 0 Å². The summed E-state index contributed by atoms with van der Waals surface area (Å²) >= 11 is 1.34. The second-order valence-electron chi connectivity index (χ2n) is 5.47. The molecular formula is C14H22N2O2S. The SMILES string of the molecule is CCCc1nc(N2CCCC2C(C)C)sc1C(=O)O. The van der Waals surface area contributed by atoms with Gasteiger partial charge in [-0.1, -0.05) is 38.5 Å². The highest BCUT2D eigenvalue weighted by Gasteiger charge is 2.30. The first-order valence-electron chi connectivity index (χ1n) is 7.04. The molecule has 5 heteroatoms. The number of nitrogens with zero attached hydrogens (tertiary/aromatic N) is 2. The van der Waals surface area contributed by atoms with Gasteiger partial charge in [0.25, 0.3) is 0 Å². The van der Waals surface area contributed by atoms with Gasteiger partial charge in [0.05, 0.1) is 5.69 Å². The summed E-state index contributed by atoms with van der Waals surface area (Å²) in [5.41, 5.74) is 0.754. The second-order valence-corrected chi connectivity index (χ2v) is 6.45. The molecule has 1 atom stereocenters. The molecule has 1 saturated heterocycles. The zero-order valence-electron chi connectivity index (χ0n) is 11.8. The van der Waals surface area contributed by atoms with Crippen molar-refractivity contribution in [2.24, 2.45) is 5.92 Å². The van der Waals surface area contributed by atoms with E-state index in [0.29, 0.717) is 16.8 Å². The zero-order valence-corrected chi connectivity index (χ0v) is 12.7. The van der Waals surface area contributed by atoms with E-state index >= 15 is 0 Å². The number of aromatic carboxylic acids is 1. The highest BCUT2D eigenvalue weighted by Crippen LogP contribution is 2.34. The maximum atomic E-state index is 11.3. The monoisotopic (exact) mass is 282 g/mol. The normalized spacial score (nSPS) is 19.4. The molecule has 1 aromatic rings. The molecule has 0 amide bonds. The van der Waals surface area contributed by atoms with E-state index in [-0.39, 0.29) is 0 Å². The van der Waals surface area contributed by atoms with Crippen LogP contribution in [0.15, 0.2) is 0 Å². The van der Waals surface area contributed by atoms with E-state index in [2.05, 4.69) is 30.7 Å². The fourth-order valence-electron chi connectivity index (χ4n) is 2.76. The Balaban J connectivity index is 2.29. The van der Waals surface area contributed by atoms with Crippen molar-refractivity contribution in [3.05, 3.63) is 10.6 Å². The molecule has 1 aliphatic rings. The number of thiazole rings is 1. The lowest BCUT2D eigenvalue weighted by Crippen LogP contribution is -2.33. The molecule has 0 radical (unpaired) electrons. The maximum Gasteiger partial charge on any atom is 0.347 e. The Morgan fingerprint density at radius 3 is 2.89 bits per heavy atom. The van der Waals surface area contributed by atoms with Gasteiger partial charge in [-0.25, -0.2) is 9.78 Å². The predicted octanol–water partition coefficient (Wildman–Crippen LogP) is 3.42. The molecular weight excluding hydrogens is 260 g/mol. The van der Waals surface area contributed by atoms with Crippen molar-refractivity contribution in [2.75, 3.05) is 11.4 Å². The molecule has 1 fully saturated rings. The van der Waals surface area contributed by atoms with Crippen LogP contribution in [0, 0.1) is 5.92 Å². The van der Waals surface area contributed by atoms with E-state index in [4.69, 9.17) is 0 Å². The van der Waals surface area contributed by atoms with E-state index in [1.807, 2.05) is 0 Å². The number of anilines is 1. The minimum atomic E-state index is -0.840. The fraction of sp³-hybridized carbons (Fsp3) is 0.714. The lowest BCUT2D eigenvalue weighted by Gasteiger charge is -2.27. The minimum absolute atomic E-state index is 0.422. The molecule has 4 nitrogen and oxygen atoms in total. The third-order valence-corrected chi connectivity index (χ3v) is 4.80. The van der Waals surface area contributed by atoms with E-state index in [9.17, 15) is 9.90 Å². The maximum absolute atomic E-state index is 11.3. The number of aryl methyl sites for hydroxylation is 1. The van der Waals surface area contributed by atoms with Crippen molar-refractivity contribution in [3.63, 3.8) is 0 Å². The summed E-state index contributed by atoms with van der Waals surface area (Å²) < 4.78 is 0. The molecule has 1 N–H and O–H groups in total. The molecule has 106 valence electrons. The summed E-state index contributed by atoms with van der Waals surface area (Å²) in [7, 11) is 0. The van der Waals surface area contributed by atoms with E-state index in [0.717, 1.165) is 30.2 Å². The third kappa shape index (κ3) is 2.91. The number of carbonyl (C=O) groups is 1. The Kier molecular flexibility index (Phi) is 4.45. The van der Waals surface area contributed by atoms with E-state index < -0.39 is 5.97 Å². The number of carboxylic acids is 1. The average Bonchev–Trinajstić information content (AvgIpc) is 2.93. The second kappa shape index (κ2) is 5.90. The van der Waals surface area contributed by atoms with Crippen LogP contribution < -0.4 is 4.90 Å². The molecule has 0 spiro atoms. The van der Waals surface area contributed by atoms with Crippen LogP contribution in [0.1, 0.15) is 55.4 Å². The first kappa shape index (κ1) is 14.3. The van der Waals surface area contributed by atoms with Crippen molar-refractivity contribution in [1.82, 2.24) is 4.98 Å². The smallest absolute Gasteiger partial charge is 0.347 e. The first-order chi connectivity index (χ1) is 9.04. The fourth-order valence-corrected chi connectivity index (χ4v) is 3.79. The lowest BCUT2D eigenvalue weighted by molar-refractivity contribution is 0.0700. The Labute approximate surface area is 118 Å². The van der Waals surface area contributed by atoms with Gasteiger partial charge in [-0.3, -0.25) is 0 Å². The van der Waals surface area contributed by atoms with Gasteiger partial charge < -0.3 is 10.0 Å². The minimum Gasteiger partial charge on any atom is -0.477 e. The first-order valence-corrected chi connectivity index (χ1v) is 7.85. The van der Waals surface area contributed by atoms with Gasteiger partial charge in [0.15, 0.2) is 5.13 Å². The van der Waals surface area contributed by atoms with Crippen molar-refractivity contribution in [3.8, 4) is 0 Å². The van der Waals surface area contributed by atoms with E-state index in [1.165, 1.54) is 24.2 Å². The van der Waals surface area contributed by atoms with Gasteiger partial charge in [0.2, 0.25) is 0 Å². The van der Waals surface area contributed by atoms with E-state index in [1.54, 1.807) is 0 Å². The quantitative estimate of drug-likeness (QED) is 0.899. The van der Waals surface area contributed by atoms with Gasteiger partial charge in [0.1, 0.15) is 4.88 Å². The number of carboxylic acid groups (broad SMARTS) is 1. The predicted molar refractivity (Wildman–Crippen MR) is 78.3 cm³/mol. The number of hydrogen-bond acceptors (Lipinski definition) is 4. The van der Waals surface area contributed by atoms with Crippen molar-refractivity contribution >= 4 is 22.4 Å². The van der Waals surface area contributed by atoms with Gasteiger partial charge in [-0.05, 0) is 25.2 Å². The van der Waals surface area contributed by atoms with Crippen LogP contribution >= 0.6 is 11.3 Å². The Morgan fingerprint density at radius 1 is 1.58 bits per heavy atom. The zero-order chi connectivity index (χ0) is 14.0. The number of rotatable bonds is 5. The van der Waals surface area contributed by atoms with Crippen LogP contribution in [-0.4, -0.2) is 28.6 Å². The number of hydrogen-bond donors (Lipinski definition) is 1. The third-order valence-electron chi connectivity index (χ3n) is 3.68. The molecule has 1 aromatic heterocycles. The highest BCUT2D eigenvalue weighted by atomic mass is 32.1. The highest BCUT2D eigenvalue weighted by molar-refractivity contribution is 7.17. The van der Waals surface area contributed by atoms with Crippen LogP contribution in [0.2, 0.25) is 0 Å². The van der Waals surface area contributed by atoms with Gasteiger partial charge >= 0.3 is 5.97 Å². The average molecular weight is 282 g/mol.